The number of nitrogens with zero attached hydrogens (tertiary/aromatic N) is 1. The van der Waals surface area contributed by atoms with Crippen molar-refractivity contribution >= 4 is 11.6 Å². The van der Waals surface area contributed by atoms with Gasteiger partial charge in [0.1, 0.15) is 0 Å². The lowest BCUT2D eigenvalue weighted by molar-refractivity contribution is -0.385. The van der Waals surface area contributed by atoms with Gasteiger partial charge in [0.2, 0.25) is 0 Å². The van der Waals surface area contributed by atoms with Crippen LogP contribution in [0.3, 0.4) is 0 Å². The molecule has 1 heterocycles. The van der Waals surface area contributed by atoms with E-state index in [2.05, 4.69) is 5.32 Å². The van der Waals surface area contributed by atoms with Crippen LogP contribution in [0.25, 0.3) is 0 Å². The third kappa shape index (κ3) is 3.19. The highest BCUT2D eigenvalue weighted by atomic mass is 16.6. The number of amides is 1. The summed E-state index contributed by atoms with van der Waals surface area (Å²) in [6, 6.07) is 3.59. The Morgan fingerprint density at radius 2 is 2.11 bits per heavy atom. The minimum Gasteiger partial charge on any atom is -0.502 e. The summed E-state index contributed by atoms with van der Waals surface area (Å²) in [5.74, 6) is -0.860. The summed E-state index contributed by atoms with van der Waals surface area (Å²) in [5.41, 5.74) is -0.211. The van der Waals surface area contributed by atoms with E-state index >= 15 is 0 Å². The van der Waals surface area contributed by atoms with E-state index in [0.717, 1.165) is 25.0 Å². The molecular formula is C12H14N2O5. The summed E-state index contributed by atoms with van der Waals surface area (Å²) in [6.07, 6.45) is 1.48. The van der Waals surface area contributed by atoms with Gasteiger partial charge >= 0.3 is 5.69 Å². The highest BCUT2D eigenvalue weighted by Gasteiger charge is 2.19. The standard InChI is InChI=1S/C12H14N2O5/c15-11-7-8(1-2-10(11)14(17)18)12(16)13-9-3-5-19-6-4-9/h1-2,7,9,15H,3-6H2,(H,13,16). The second kappa shape index (κ2) is 5.66. The molecule has 19 heavy (non-hydrogen) atoms. The molecule has 0 saturated carbocycles. The minimum absolute atomic E-state index is 0.0404. The summed E-state index contributed by atoms with van der Waals surface area (Å²) >= 11 is 0. The molecule has 0 radical (unpaired) electrons. The van der Waals surface area contributed by atoms with Crippen LogP contribution in [0.1, 0.15) is 23.2 Å². The first kappa shape index (κ1) is 13.3. The van der Waals surface area contributed by atoms with Crippen LogP contribution in [0.2, 0.25) is 0 Å². The predicted molar refractivity (Wildman–Crippen MR) is 66.1 cm³/mol. The van der Waals surface area contributed by atoms with Crippen LogP contribution >= 0.6 is 0 Å². The summed E-state index contributed by atoms with van der Waals surface area (Å²) in [5, 5.41) is 22.8. The lowest BCUT2D eigenvalue weighted by Crippen LogP contribution is -2.38. The van der Waals surface area contributed by atoms with E-state index < -0.39 is 16.4 Å². The van der Waals surface area contributed by atoms with Gasteiger partial charge in [-0.3, -0.25) is 14.9 Å². The van der Waals surface area contributed by atoms with Crippen molar-refractivity contribution in [3.63, 3.8) is 0 Å². The molecule has 0 unspecified atom stereocenters. The van der Waals surface area contributed by atoms with E-state index in [1.165, 1.54) is 6.07 Å². The molecular weight excluding hydrogens is 252 g/mol. The number of benzene rings is 1. The molecule has 1 saturated heterocycles. The van der Waals surface area contributed by atoms with Gasteiger partial charge < -0.3 is 15.2 Å². The van der Waals surface area contributed by atoms with Gasteiger partial charge in [0, 0.05) is 30.9 Å². The Bertz CT molecular complexity index is 497. The first-order chi connectivity index (χ1) is 9.08. The molecule has 2 rings (SSSR count). The molecule has 102 valence electrons. The first-order valence-electron chi connectivity index (χ1n) is 5.94. The average Bonchev–Trinajstić information content (AvgIpc) is 2.39. The Hall–Kier alpha value is -2.15. The quantitative estimate of drug-likeness (QED) is 0.632. The maximum absolute atomic E-state index is 11.9. The van der Waals surface area contributed by atoms with Crippen molar-refractivity contribution in [3.8, 4) is 5.75 Å². The normalized spacial score (nSPS) is 16.0. The SMILES string of the molecule is O=C(NC1CCOCC1)c1ccc([N+](=O)[O-])c(O)c1. The molecule has 0 aliphatic carbocycles. The molecule has 0 aromatic heterocycles. The zero-order valence-electron chi connectivity index (χ0n) is 10.2. The van der Waals surface area contributed by atoms with Crippen molar-refractivity contribution < 1.29 is 19.6 Å². The maximum atomic E-state index is 11.9. The number of nitro groups is 1. The number of carbonyl (C=O) groups excluding carboxylic acids is 1. The summed E-state index contributed by atoms with van der Waals surface area (Å²) in [6.45, 7) is 1.22. The van der Waals surface area contributed by atoms with E-state index in [9.17, 15) is 20.0 Å². The van der Waals surface area contributed by atoms with E-state index in [0.29, 0.717) is 13.2 Å². The van der Waals surface area contributed by atoms with Crippen LogP contribution < -0.4 is 5.32 Å². The van der Waals surface area contributed by atoms with Crippen LogP contribution in [0.5, 0.6) is 5.75 Å². The molecule has 7 heteroatoms. The molecule has 1 aromatic carbocycles. The number of carbonyl (C=O) groups is 1. The van der Waals surface area contributed by atoms with E-state index in [1.807, 2.05) is 0 Å². The fraction of sp³-hybridized carbons (Fsp3) is 0.417. The fourth-order valence-corrected chi connectivity index (χ4v) is 1.93. The van der Waals surface area contributed by atoms with Gasteiger partial charge in [-0.15, -0.1) is 0 Å². The number of nitro benzene ring substituents is 1. The molecule has 1 aliphatic rings. The van der Waals surface area contributed by atoms with E-state index in [-0.39, 0.29) is 17.5 Å². The van der Waals surface area contributed by atoms with Crippen molar-refractivity contribution in [2.24, 2.45) is 0 Å². The number of phenolic OH excluding ortho intramolecular Hbond substituents is 1. The van der Waals surface area contributed by atoms with Crippen LogP contribution in [0, 0.1) is 10.1 Å². The zero-order valence-corrected chi connectivity index (χ0v) is 10.2. The molecule has 2 N–H and O–H groups in total. The number of ether oxygens (including phenoxy) is 1. The number of hydrogen-bond acceptors (Lipinski definition) is 5. The third-order valence-electron chi connectivity index (χ3n) is 2.99. The molecule has 1 fully saturated rings. The van der Waals surface area contributed by atoms with Crippen molar-refractivity contribution in [2.45, 2.75) is 18.9 Å². The Kier molecular flexibility index (Phi) is 3.96. The summed E-state index contributed by atoms with van der Waals surface area (Å²) in [4.78, 5) is 21.8. The zero-order chi connectivity index (χ0) is 13.8. The predicted octanol–water partition coefficient (Wildman–Crippen LogP) is 1.21. The Balaban J connectivity index is 2.06. The van der Waals surface area contributed by atoms with Crippen molar-refractivity contribution in [1.82, 2.24) is 5.32 Å². The monoisotopic (exact) mass is 266 g/mol. The van der Waals surface area contributed by atoms with E-state index in [1.54, 1.807) is 0 Å². The third-order valence-corrected chi connectivity index (χ3v) is 2.99. The van der Waals surface area contributed by atoms with Crippen LogP contribution in [0.15, 0.2) is 18.2 Å². The van der Waals surface area contributed by atoms with Gasteiger partial charge in [0.25, 0.3) is 5.91 Å². The highest BCUT2D eigenvalue weighted by Crippen LogP contribution is 2.26. The molecule has 7 nitrogen and oxygen atoms in total. The van der Waals surface area contributed by atoms with Gasteiger partial charge in [-0.25, -0.2) is 0 Å². The van der Waals surface area contributed by atoms with Crippen LogP contribution in [-0.4, -0.2) is 35.2 Å². The Morgan fingerprint density at radius 1 is 1.42 bits per heavy atom. The van der Waals surface area contributed by atoms with Gasteiger partial charge in [0.15, 0.2) is 5.75 Å². The van der Waals surface area contributed by atoms with Gasteiger partial charge in [-0.05, 0) is 25.0 Å². The second-order valence-electron chi connectivity index (χ2n) is 4.32. The maximum Gasteiger partial charge on any atom is 0.310 e. The number of hydrogen-bond donors (Lipinski definition) is 2. The Labute approximate surface area is 109 Å². The van der Waals surface area contributed by atoms with Gasteiger partial charge in [0.05, 0.1) is 4.92 Å². The Morgan fingerprint density at radius 3 is 2.68 bits per heavy atom. The lowest BCUT2D eigenvalue weighted by Gasteiger charge is -2.23. The first-order valence-corrected chi connectivity index (χ1v) is 5.94. The van der Waals surface area contributed by atoms with Gasteiger partial charge in [-0.1, -0.05) is 0 Å². The molecule has 1 aromatic rings. The number of rotatable bonds is 3. The summed E-state index contributed by atoms with van der Waals surface area (Å²) < 4.78 is 5.18. The van der Waals surface area contributed by atoms with Gasteiger partial charge in [-0.2, -0.15) is 0 Å². The highest BCUT2D eigenvalue weighted by molar-refractivity contribution is 5.95. The molecule has 0 atom stereocenters. The number of aromatic hydroxyl groups is 1. The topological polar surface area (TPSA) is 102 Å². The number of phenols is 1. The minimum atomic E-state index is -0.699. The second-order valence-corrected chi connectivity index (χ2v) is 4.32. The number of nitrogens with one attached hydrogen (secondary N) is 1. The molecule has 0 bridgehead atoms. The largest absolute Gasteiger partial charge is 0.502 e. The van der Waals surface area contributed by atoms with Crippen molar-refractivity contribution in [1.29, 1.82) is 0 Å². The summed E-state index contributed by atoms with van der Waals surface area (Å²) in [7, 11) is 0. The van der Waals surface area contributed by atoms with Crippen molar-refractivity contribution in [2.75, 3.05) is 13.2 Å². The molecule has 1 amide bonds. The fourth-order valence-electron chi connectivity index (χ4n) is 1.93. The average molecular weight is 266 g/mol. The van der Waals surface area contributed by atoms with Crippen molar-refractivity contribution in [3.05, 3.63) is 33.9 Å². The lowest BCUT2D eigenvalue weighted by atomic mass is 10.1. The van der Waals surface area contributed by atoms with E-state index in [4.69, 9.17) is 4.74 Å². The smallest absolute Gasteiger partial charge is 0.310 e. The molecule has 1 aliphatic heterocycles. The van der Waals surface area contributed by atoms with Crippen LogP contribution in [-0.2, 0) is 4.74 Å². The van der Waals surface area contributed by atoms with Crippen LogP contribution in [0.4, 0.5) is 5.69 Å². The molecule has 0 spiro atoms.